The topological polar surface area (TPSA) is 283 Å². The molecule has 3 fully saturated rings. The largest absolute Gasteiger partial charge is 0.378 e. The number of carbonyl (C=O) groups is 6. The lowest BCUT2D eigenvalue weighted by Gasteiger charge is -2.44. The van der Waals surface area contributed by atoms with E-state index < -0.39 is 103 Å². The van der Waals surface area contributed by atoms with Gasteiger partial charge in [0.05, 0.1) is 41.9 Å². The Morgan fingerprint density at radius 3 is 1.83 bits per heavy atom. The van der Waals surface area contributed by atoms with E-state index in [0.29, 0.717) is 31.4 Å². The van der Waals surface area contributed by atoms with Gasteiger partial charge >= 0.3 is 0 Å². The Hall–Kier alpha value is -2.62. The predicted molar refractivity (Wildman–Crippen MR) is 159 cm³/mol. The molecule has 3 rings (SSSR count). The zero-order chi connectivity index (χ0) is 34.8. The molecule has 2 aliphatic heterocycles. The summed E-state index contributed by atoms with van der Waals surface area (Å²) in [5.74, 6) is -5.02. The SMILES string of the molecule is COC1C(O[C@H]2O[C@H](CN)[C@@H](OC)C(OC)C2C=O)[C@@H](N)C(NC(=O)C(C=O)CCN)[C@@H]1O[C@H]1OC(CC=O)[C@@H](C=O)C(N)[C@@H]1C=O. The second-order valence-electron chi connectivity index (χ2n) is 11.7. The van der Waals surface area contributed by atoms with Crippen molar-refractivity contribution in [1.29, 1.82) is 0 Å². The number of rotatable bonds is 18. The lowest BCUT2D eigenvalue weighted by atomic mass is 9.82. The number of methoxy groups -OCH3 is 3. The Morgan fingerprint density at radius 2 is 1.32 bits per heavy atom. The van der Waals surface area contributed by atoms with Crippen LogP contribution in [0.15, 0.2) is 0 Å². The molecule has 0 spiro atoms. The third-order valence-electron chi connectivity index (χ3n) is 9.15. The van der Waals surface area contributed by atoms with E-state index >= 15 is 0 Å². The fourth-order valence-electron chi connectivity index (χ4n) is 6.59. The molecule has 3 aliphatic rings. The van der Waals surface area contributed by atoms with Crippen molar-refractivity contribution in [2.24, 2.45) is 46.6 Å². The zero-order valence-corrected chi connectivity index (χ0v) is 26.6. The van der Waals surface area contributed by atoms with Gasteiger partial charge in [0.2, 0.25) is 5.91 Å². The van der Waals surface area contributed by atoms with Crippen LogP contribution in [0, 0.1) is 23.7 Å². The van der Waals surface area contributed by atoms with Gasteiger partial charge in [-0.25, -0.2) is 0 Å². The summed E-state index contributed by atoms with van der Waals surface area (Å²) in [7, 11) is 4.14. The van der Waals surface area contributed by atoms with E-state index in [9.17, 15) is 28.8 Å². The molecule has 1 amide bonds. The summed E-state index contributed by atoms with van der Waals surface area (Å²) in [4.78, 5) is 72.6. The smallest absolute Gasteiger partial charge is 0.230 e. The van der Waals surface area contributed by atoms with Crippen LogP contribution in [0.25, 0.3) is 0 Å². The first-order chi connectivity index (χ1) is 22.6. The van der Waals surface area contributed by atoms with Crippen molar-refractivity contribution in [2.75, 3.05) is 34.4 Å². The summed E-state index contributed by atoms with van der Waals surface area (Å²) in [5, 5.41) is 2.72. The summed E-state index contributed by atoms with van der Waals surface area (Å²) in [5.41, 5.74) is 24.5. The van der Waals surface area contributed by atoms with Crippen LogP contribution in [0.4, 0.5) is 0 Å². The van der Waals surface area contributed by atoms with Gasteiger partial charge in [-0.15, -0.1) is 0 Å². The average Bonchev–Trinajstić information content (AvgIpc) is 3.31. The third kappa shape index (κ3) is 8.16. The van der Waals surface area contributed by atoms with Crippen molar-refractivity contribution in [2.45, 2.75) is 86.3 Å². The van der Waals surface area contributed by atoms with Crippen LogP contribution in [-0.2, 0) is 61.9 Å². The molecular formula is C29H47N5O13. The van der Waals surface area contributed by atoms with Crippen molar-refractivity contribution in [1.82, 2.24) is 5.32 Å². The molecule has 47 heavy (non-hydrogen) atoms. The van der Waals surface area contributed by atoms with Gasteiger partial charge < -0.3 is 85.4 Å². The maximum absolute atomic E-state index is 13.2. The van der Waals surface area contributed by atoms with Gasteiger partial charge in [-0.3, -0.25) is 4.79 Å². The molecule has 0 aromatic heterocycles. The molecular weight excluding hydrogens is 626 g/mol. The van der Waals surface area contributed by atoms with Crippen LogP contribution < -0.4 is 28.3 Å². The summed E-state index contributed by atoms with van der Waals surface area (Å²) in [6, 6.07) is -3.36. The highest BCUT2D eigenvalue weighted by molar-refractivity contribution is 5.91. The minimum absolute atomic E-state index is 0.0109. The van der Waals surface area contributed by atoms with Crippen molar-refractivity contribution in [3.63, 3.8) is 0 Å². The molecule has 1 saturated carbocycles. The summed E-state index contributed by atoms with van der Waals surface area (Å²) in [6.07, 6.45) is -7.07. The maximum Gasteiger partial charge on any atom is 0.230 e. The van der Waals surface area contributed by atoms with Crippen molar-refractivity contribution in [3.8, 4) is 0 Å². The Balaban J connectivity index is 2.01. The molecule has 18 nitrogen and oxygen atoms in total. The summed E-state index contributed by atoms with van der Waals surface area (Å²) < 4.78 is 41.4. The number of nitrogens with two attached hydrogens (primary N) is 4. The van der Waals surface area contributed by atoms with E-state index in [1.54, 1.807) is 0 Å². The maximum atomic E-state index is 13.2. The van der Waals surface area contributed by atoms with Gasteiger partial charge in [0.15, 0.2) is 12.6 Å². The molecule has 2 saturated heterocycles. The quantitative estimate of drug-likeness (QED) is 0.0677. The number of hydrogen-bond acceptors (Lipinski definition) is 17. The summed E-state index contributed by atoms with van der Waals surface area (Å²) in [6.45, 7) is 0.0330. The van der Waals surface area contributed by atoms with E-state index in [2.05, 4.69) is 5.32 Å². The summed E-state index contributed by atoms with van der Waals surface area (Å²) >= 11 is 0. The highest BCUT2D eigenvalue weighted by atomic mass is 16.7. The molecule has 8 unspecified atom stereocenters. The third-order valence-corrected chi connectivity index (χ3v) is 9.15. The van der Waals surface area contributed by atoms with Crippen LogP contribution in [0.3, 0.4) is 0 Å². The first-order valence-electron chi connectivity index (χ1n) is 15.3. The minimum Gasteiger partial charge on any atom is -0.378 e. The van der Waals surface area contributed by atoms with Crippen molar-refractivity contribution < 1.29 is 61.9 Å². The second-order valence-corrected chi connectivity index (χ2v) is 11.7. The minimum atomic E-state index is -1.42. The molecule has 0 bridgehead atoms. The first-order valence-corrected chi connectivity index (χ1v) is 15.3. The van der Waals surface area contributed by atoms with Gasteiger partial charge in [-0.2, -0.15) is 0 Å². The molecule has 0 radical (unpaired) electrons. The molecule has 266 valence electrons. The van der Waals surface area contributed by atoms with Crippen LogP contribution in [0.2, 0.25) is 0 Å². The van der Waals surface area contributed by atoms with E-state index in [1.807, 2.05) is 0 Å². The van der Waals surface area contributed by atoms with Crippen molar-refractivity contribution >= 4 is 37.3 Å². The highest BCUT2D eigenvalue weighted by Gasteiger charge is 2.57. The average molecular weight is 674 g/mol. The molecule has 18 heteroatoms. The van der Waals surface area contributed by atoms with Gasteiger partial charge in [0.1, 0.15) is 68.1 Å². The standard InChI is InChI=1S/C29H47N5O13/c1-41-22-16(12-39)29(45-18(8-31)23(22)42-2)46-24-20(33)21(34-27(40)13(9-36)4-6-30)25(26(24)43-3)47-28-15(11-38)19(32)14(10-37)17(44-28)5-7-35/h7,9-26,28-29H,4-6,8,30-33H2,1-3H3,(H,34,40)/t13?,14-,15+,16?,17?,18-,19?,20+,21?,22?,23-,24?,25+,26?,28-,29-/m1/s1. The van der Waals surface area contributed by atoms with E-state index in [4.69, 9.17) is 56.1 Å². The van der Waals surface area contributed by atoms with Gasteiger partial charge in [0, 0.05) is 40.3 Å². The highest BCUT2D eigenvalue weighted by Crippen LogP contribution is 2.37. The number of hydrogen-bond donors (Lipinski definition) is 5. The van der Waals surface area contributed by atoms with Crippen LogP contribution >= 0.6 is 0 Å². The molecule has 1 aliphatic carbocycles. The van der Waals surface area contributed by atoms with E-state index in [1.165, 1.54) is 21.3 Å². The molecule has 2 heterocycles. The number of amides is 1. The lowest BCUT2D eigenvalue weighted by Crippen LogP contribution is -2.61. The zero-order valence-electron chi connectivity index (χ0n) is 26.6. The van der Waals surface area contributed by atoms with Crippen LogP contribution in [0.1, 0.15) is 12.8 Å². The molecule has 0 aromatic rings. The molecule has 9 N–H and O–H groups in total. The first kappa shape index (κ1) is 38.8. The number of aldehydes is 5. The van der Waals surface area contributed by atoms with Gasteiger partial charge in [0.25, 0.3) is 0 Å². The fourth-order valence-corrected chi connectivity index (χ4v) is 6.59. The molecule has 0 aromatic carbocycles. The predicted octanol–water partition coefficient (Wildman–Crippen LogP) is -4.44. The number of nitrogens with one attached hydrogen (secondary N) is 1. The Morgan fingerprint density at radius 1 is 0.745 bits per heavy atom. The second kappa shape index (κ2) is 18.2. The number of carbonyl (C=O) groups excluding carboxylic acids is 6. The van der Waals surface area contributed by atoms with Crippen LogP contribution in [0.5, 0.6) is 0 Å². The fraction of sp³-hybridized carbons (Fsp3) is 0.793. The Bertz CT molecular complexity index is 1070. The van der Waals surface area contributed by atoms with Crippen molar-refractivity contribution in [3.05, 3.63) is 0 Å². The monoisotopic (exact) mass is 673 g/mol. The van der Waals surface area contributed by atoms with E-state index in [-0.39, 0.29) is 25.9 Å². The normalized spacial score (nSPS) is 41.0. The Kier molecular flexibility index (Phi) is 15.1. The van der Waals surface area contributed by atoms with Crippen LogP contribution in [-0.4, -0.2) is 145 Å². The van der Waals surface area contributed by atoms with E-state index in [0.717, 1.165) is 0 Å². The number of ether oxygens (including phenoxy) is 7. The molecule has 16 atom stereocenters. The van der Waals surface area contributed by atoms with Gasteiger partial charge in [-0.1, -0.05) is 0 Å². The lowest BCUT2D eigenvalue weighted by molar-refractivity contribution is -0.299. The van der Waals surface area contributed by atoms with Gasteiger partial charge in [-0.05, 0) is 13.0 Å². The Labute approximate surface area is 272 Å².